The van der Waals surface area contributed by atoms with E-state index in [-0.39, 0.29) is 132 Å². The van der Waals surface area contributed by atoms with Crippen LogP contribution in [0.2, 0.25) is 0 Å². The van der Waals surface area contributed by atoms with Crippen molar-refractivity contribution in [1.82, 2.24) is 30.4 Å². The number of hydrogen-bond donors (Lipinski definition) is 5. The second kappa shape index (κ2) is 26.2. The van der Waals surface area contributed by atoms with Gasteiger partial charge in [0.05, 0.1) is 87.9 Å². The minimum atomic E-state index is -2.01. The van der Waals surface area contributed by atoms with Crippen LogP contribution >= 0.6 is 0 Å². The highest BCUT2D eigenvalue weighted by Crippen LogP contribution is 2.43. The molecule has 6 heterocycles. The Bertz CT molecular complexity index is 2710. The number of ether oxygens (including phenoxy) is 7. The van der Waals surface area contributed by atoms with E-state index in [4.69, 9.17) is 43.9 Å². The monoisotopic (exact) mass is 1050 g/mol. The molecule has 406 valence electrons. The van der Waals surface area contributed by atoms with Crippen molar-refractivity contribution in [3.63, 3.8) is 0 Å². The number of aromatic nitrogens is 2. The first kappa shape index (κ1) is 56.1. The van der Waals surface area contributed by atoms with Crippen LogP contribution < -0.4 is 36.7 Å². The summed E-state index contributed by atoms with van der Waals surface area (Å²) in [5.74, 6) is -3.12. The number of nitrogens with two attached hydrogens (primary N) is 1. The maximum Gasteiger partial charge on any atom is 0.343 e. The van der Waals surface area contributed by atoms with Crippen LogP contribution in [0.4, 0.5) is 0 Å². The third-order valence-corrected chi connectivity index (χ3v) is 13.5. The Balaban J connectivity index is 0.857. The maximum atomic E-state index is 14.3. The number of amides is 5. The average Bonchev–Trinajstić information content (AvgIpc) is 4.14. The van der Waals surface area contributed by atoms with Crippen LogP contribution in [0.5, 0.6) is 11.5 Å². The van der Waals surface area contributed by atoms with Crippen LogP contribution in [-0.4, -0.2) is 146 Å². The molecular formula is C52H67N7O16. The number of carbonyl (C=O) groups excluding carboxylic acids is 7. The zero-order chi connectivity index (χ0) is 53.6. The summed E-state index contributed by atoms with van der Waals surface area (Å²) in [6.45, 7) is 7.87. The van der Waals surface area contributed by atoms with E-state index in [9.17, 15) is 43.5 Å². The number of ketones is 1. The predicted octanol–water partition coefficient (Wildman–Crippen LogP) is 1.16. The molecule has 0 radical (unpaired) electrons. The van der Waals surface area contributed by atoms with Crippen molar-refractivity contribution in [3.8, 4) is 22.9 Å². The summed E-state index contributed by atoms with van der Waals surface area (Å²) in [5, 5.41) is 20.7. The number of fused-ring (bicyclic) bond motifs is 6. The van der Waals surface area contributed by atoms with Gasteiger partial charge in [-0.1, -0.05) is 27.2 Å². The number of nitrogens with zero attached hydrogens (tertiary/aromatic N) is 3. The van der Waals surface area contributed by atoms with Gasteiger partial charge in [-0.2, -0.15) is 0 Å². The molecule has 0 unspecified atom stereocenters. The van der Waals surface area contributed by atoms with E-state index >= 15 is 0 Å². The number of nitrogens with one attached hydrogen (secondary N) is 3. The number of pyridine rings is 2. The average molecular weight is 1050 g/mol. The molecule has 0 spiro atoms. The third-order valence-electron chi connectivity index (χ3n) is 13.5. The van der Waals surface area contributed by atoms with Gasteiger partial charge in [-0.3, -0.25) is 38.5 Å². The number of unbranched alkanes of at least 4 members (excludes halogenated alkanes) is 1. The Morgan fingerprint density at radius 2 is 1.49 bits per heavy atom. The van der Waals surface area contributed by atoms with Crippen molar-refractivity contribution < 1.29 is 71.8 Å². The van der Waals surface area contributed by atoms with Crippen LogP contribution in [-0.2, 0) is 82.5 Å². The lowest BCUT2D eigenvalue weighted by Crippen LogP contribution is -2.46. The summed E-state index contributed by atoms with van der Waals surface area (Å²) in [6.07, 6.45) is 3.78. The number of hydrogen-bond acceptors (Lipinski definition) is 18. The van der Waals surface area contributed by atoms with Gasteiger partial charge in [0.15, 0.2) is 22.9 Å². The quantitative estimate of drug-likeness (QED) is 0.0268. The van der Waals surface area contributed by atoms with Crippen LogP contribution in [0.15, 0.2) is 35.1 Å². The molecule has 0 bridgehead atoms. The van der Waals surface area contributed by atoms with E-state index in [2.05, 4.69) is 16.0 Å². The highest BCUT2D eigenvalue weighted by atomic mass is 16.7. The number of Topliss-reactive ketones (excluding diaryl/α,β-unsaturated/α-hetero) is 1. The number of rotatable bonds is 31. The zero-order valence-electron chi connectivity index (χ0n) is 42.7. The molecule has 6 N–H and O–H groups in total. The molecule has 1 aromatic carbocycles. The fourth-order valence-electron chi connectivity index (χ4n) is 9.31. The molecule has 2 aromatic heterocycles. The van der Waals surface area contributed by atoms with Crippen LogP contribution in [0, 0.1) is 11.8 Å². The number of imide groups is 1. The van der Waals surface area contributed by atoms with Gasteiger partial charge in [0.1, 0.15) is 6.61 Å². The third kappa shape index (κ3) is 13.6. The second-order valence-electron chi connectivity index (χ2n) is 18.9. The van der Waals surface area contributed by atoms with Gasteiger partial charge < -0.3 is 64.5 Å². The van der Waals surface area contributed by atoms with Gasteiger partial charge in [0.2, 0.25) is 24.5 Å². The molecular weight excluding hydrogens is 979 g/mol. The largest absolute Gasteiger partial charge is 0.458 e. The van der Waals surface area contributed by atoms with E-state index in [0.29, 0.717) is 97.2 Å². The van der Waals surface area contributed by atoms with Crippen LogP contribution in [0.25, 0.3) is 22.3 Å². The SMILES string of the molecule is CC[C@@]1(O)C(=O)OCc2c1cc1n(c2=O)Cc2c-1nc1cc3c(cc1c2CNC(=O)[C@H](CCCCN)CC(=O)[C@@H](NC(=O)CCOCCOCCOCCOCCNC(=O)CCN1C(=O)C=CC1=O)C(C)C)OCO3. The lowest BCUT2D eigenvalue weighted by molar-refractivity contribution is -0.172. The van der Waals surface area contributed by atoms with Gasteiger partial charge in [0, 0.05) is 79.5 Å². The standard InChI is InChI=1S/C52H67N7O16/c1-4-52(68)37-25-39-48-35(28-59(39)50(66)36(37)29-73-51(52)67)34(33-24-41-42(75-30-74-41)26-38(33)56-48)27-55-49(65)32(7-5-6-12-53)23-40(60)47(31(2)3)57-44(62)11-15-69-17-19-71-21-22-72-20-18-70-16-13-54-43(61)10-14-58-45(63)8-9-46(58)64/h8-9,24-26,31-32,47,68H,4-7,10-23,27-30,53H2,1-3H3,(H,54,61)(H,55,65)(H,57,62)/t32-,47+,52+/m1/s1. The van der Waals surface area contributed by atoms with Crippen LogP contribution in [0.3, 0.4) is 0 Å². The van der Waals surface area contributed by atoms with Gasteiger partial charge >= 0.3 is 5.97 Å². The fraction of sp³-hybridized carbons (Fsp3) is 0.558. The van der Waals surface area contributed by atoms with Crippen molar-refractivity contribution in [2.75, 3.05) is 79.3 Å². The van der Waals surface area contributed by atoms with Crippen molar-refractivity contribution in [1.29, 1.82) is 0 Å². The van der Waals surface area contributed by atoms with Crippen molar-refractivity contribution in [2.24, 2.45) is 17.6 Å². The minimum Gasteiger partial charge on any atom is -0.458 e. The summed E-state index contributed by atoms with van der Waals surface area (Å²) < 4.78 is 40.2. The fourth-order valence-corrected chi connectivity index (χ4v) is 9.31. The first-order valence-electron chi connectivity index (χ1n) is 25.5. The highest BCUT2D eigenvalue weighted by Gasteiger charge is 2.46. The van der Waals surface area contributed by atoms with E-state index < -0.39 is 40.9 Å². The van der Waals surface area contributed by atoms with Crippen molar-refractivity contribution in [2.45, 2.75) is 97.1 Å². The Morgan fingerprint density at radius 3 is 2.16 bits per heavy atom. The molecule has 7 rings (SSSR count). The van der Waals surface area contributed by atoms with Crippen molar-refractivity contribution >= 4 is 52.2 Å². The number of cyclic esters (lactones) is 1. The first-order valence-corrected chi connectivity index (χ1v) is 25.5. The number of esters is 1. The Morgan fingerprint density at radius 1 is 0.827 bits per heavy atom. The van der Waals surface area contributed by atoms with Gasteiger partial charge in [-0.15, -0.1) is 0 Å². The molecule has 3 atom stereocenters. The molecule has 3 aromatic rings. The maximum absolute atomic E-state index is 14.3. The van der Waals surface area contributed by atoms with E-state index in [1.165, 1.54) is 16.7 Å². The normalized spacial score (nSPS) is 17.0. The predicted molar refractivity (Wildman–Crippen MR) is 267 cm³/mol. The summed E-state index contributed by atoms with van der Waals surface area (Å²) in [6, 6.07) is 4.27. The summed E-state index contributed by atoms with van der Waals surface area (Å²) in [4.78, 5) is 109. The molecule has 4 aliphatic rings. The smallest absolute Gasteiger partial charge is 0.343 e. The topological polar surface area (TPSA) is 305 Å². The van der Waals surface area contributed by atoms with Crippen molar-refractivity contribution in [3.05, 3.63) is 63.0 Å². The number of aliphatic hydroxyl groups is 1. The first-order chi connectivity index (χ1) is 36.1. The summed E-state index contributed by atoms with van der Waals surface area (Å²) >= 11 is 0. The molecule has 23 heteroatoms. The van der Waals surface area contributed by atoms with E-state index in [0.717, 1.165) is 4.90 Å². The van der Waals surface area contributed by atoms with E-state index in [1.54, 1.807) is 25.1 Å². The Kier molecular flexibility index (Phi) is 19.6. The molecule has 75 heavy (non-hydrogen) atoms. The molecule has 4 aliphatic heterocycles. The summed E-state index contributed by atoms with van der Waals surface area (Å²) in [5.41, 5.74) is 6.38. The lowest BCUT2D eigenvalue weighted by atomic mass is 9.86. The zero-order valence-corrected chi connectivity index (χ0v) is 42.7. The van der Waals surface area contributed by atoms with Gasteiger partial charge in [-0.05, 0) is 49.4 Å². The van der Waals surface area contributed by atoms with E-state index in [1.807, 2.05) is 13.8 Å². The molecule has 0 aliphatic carbocycles. The molecule has 0 fully saturated rings. The molecule has 5 amide bonds. The second-order valence-corrected chi connectivity index (χ2v) is 18.9. The Labute approximate surface area is 433 Å². The number of benzene rings is 1. The summed E-state index contributed by atoms with van der Waals surface area (Å²) in [7, 11) is 0. The van der Waals surface area contributed by atoms with Gasteiger partial charge in [0.25, 0.3) is 17.4 Å². The van der Waals surface area contributed by atoms with Gasteiger partial charge in [-0.25, -0.2) is 9.78 Å². The minimum absolute atomic E-state index is 0.00335. The van der Waals surface area contributed by atoms with Crippen LogP contribution in [0.1, 0.15) is 88.0 Å². The number of carbonyl (C=O) groups is 7. The lowest BCUT2D eigenvalue weighted by Gasteiger charge is -2.31. The molecule has 0 saturated heterocycles. The molecule has 0 saturated carbocycles. The highest BCUT2D eigenvalue weighted by molar-refractivity contribution is 6.13. The molecule has 23 nitrogen and oxygen atoms in total. The Hall–Kier alpha value is -6.63.